The van der Waals surface area contributed by atoms with E-state index in [0.717, 1.165) is 30.6 Å². The van der Waals surface area contributed by atoms with Crippen LogP contribution in [0, 0.1) is 13.8 Å². The van der Waals surface area contributed by atoms with E-state index >= 15 is 0 Å². The predicted molar refractivity (Wildman–Crippen MR) is 70.2 cm³/mol. The molecule has 17 heavy (non-hydrogen) atoms. The Morgan fingerprint density at radius 1 is 1.35 bits per heavy atom. The third-order valence-corrected chi connectivity index (χ3v) is 3.27. The van der Waals surface area contributed by atoms with E-state index in [1.807, 2.05) is 19.1 Å². The summed E-state index contributed by atoms with van der Waals surface area (Å²) in [5, 5.41) is 6.26. The molecule has 1 heterocycles. The zero-order valence-electron chi connectivity index (χ0n) is 10.5. The minimum absolute atomic E-state index is 0.0237. The van der Waals surface area contributed by atoms with Crippen molar-refractivity contribution in [2.24, 2.45) is 0 Å². The number of aryl methyl sites for hydroxylation is 2. The van der Waals surface area contributed by atoms with Gasteiger partial charge in [-0.1, -0.05) is 24.1 Å². The van der Waals surface area contributed by atoms with E-state index < -0.39 is 0 Å². The average Bonchev–Trinajstić information content (AvgIpc) is 2.34. The van der Waals surface area contributed by atoms with Crippen molar-refractivity contribution in [2.45, 2.75) is 39.2 Å². The maximum atomic E-state index is 12.0. The van der Waals surface area contributed by atoms with Crippen LogP contribution in [0.2, 0.25) is 0 Å². The Hall–Kier alpha value is -1.35. The van der Waals surface area contributed by atoms with Crippen molar-refractivity contribution >= 4 is 11.6 Å². The molecule has 2 N–H and O–H groups in total. The molecule has 0 bridgehead atoms. The van der Waals surface area contributed by atoms with Gasteiger partial charge in [-0.3, -0.25) is 4.79 Å². The van der Waals surface area contributed by atoms with E-state index in [4.69, 9.17) is 0 Å². The summed E-state index contributed by atoms with van der Waals surface area (Å²) in [5.41, 5.74) is 3.26. The van der Waals surface area contributed by atoms with Crippen LogP contribution in [-0.2, 0) is 4.79 Å². The maximum absolute atomic E-state index is 12.0. The van der Waals surface area contributed by atoms with Gasteiger partial charge in [-0.05, 0) is 44.9 Å². The molecule has 92 valence electrons. The van der Waals surface area contributed by atoms with Gasteiger partial charge in [0.2, 0.25) is 5.91 Å². The normalized spacial score (nSPS) is 20.0. The molecule has 0 aromatic heterocycles. The lowest BCUT2D eigenvalue weighted by Crippen LogP contribution is -2.43. The average molecular weight is 232 g/mol. The summed E-state index contributed by atoms with van der Waals surface area (Å²) in [7, 11) is 0. The number of nitrogens with one attached hydrogen (secondary N) is 2. The number of hydrogen-bond acceptors (Lipinski definition) is 2. The minimum atomic E-state index is -0.0237. The van der Waals surface area contributed by atoms with E-state index in [-0.39, 0.29) is 11.9 Å². The molecule has 1 aliphatic heterocycles. The van der Waals surface area contributed by atoms with Gasteiger partial charge in [-0.15, -0.1) is 0 Å². The van der Waals surface area contributed by atoms with Gasteiger partial charge in [0.1, 0.15) is 0 Å². The summed E-state index contributed by atoms with van der Waals surface area (Å²) < 4.78 is 0. The van der Waals surface area contributed by atoms with Crippen molar-refractivity contribution in [1.82, 2.24) is 5.32 Å². The fraction of sp³-hybridized carbons (Fsp3) is 0.500. The molecule has 1 saturated heterocycles. The molecule has 1 aliphatic rings. The molecule has 1 amide bonds. The van der Waals surface area contributed by atoms with Gasteiger partial charge in [0, 0.05) is 5.69 Å². The number of anilines is 1. The van der Waals surface area contributed by atoms with Crippen molar-refractivity contribution in [3.8, 4) is 0 Å². The highest BCUT2D eigenvalue weighted by atomic mass is 16.2. The first kappa shape index (κ1) is 12.1. The van der Waals surface area contributed by atoms with Gasteiger partial charge >= 0.3 is 0 Å². The zero-order valence-corrected chi connectivity index (χ0v) is 10.5. The lowest BCUT2D eigenvalue weighted by atomic mass is 10.0. The summed E-state index contributed by atoms with van der Waals surface area (Å²) in [6.07, 6.45) is 3.25. The fourth-order valence-corrected chi connectivity index (χ4v) is 2.25. The number of benzene rings is 1. The van der Waals surface area contributed by atoms with E-state index in [0.29, 0.717) is 0 Å². The maximum Gasteiger partial charge on any atom is 0.241 e. The summed E-state index contributed by atoms with van der Waals surface area (Å²) in [4.78, 5) is 12.0. The van der Waals surface area contributed by atoms with E-state index in [2.05, 4.69) is 23.6 Å². The smallest absolute Gasteiger partial charge is 0.241 e. The molecule has 0 unspecified atom stereocenters. The lowest BCUT2D eigenvalue weighted by Gasteiger charge is -2.23. The van der Waals surface area contributed by atoms with Gasteiger partial charge in [-0.25, -0.2) is 0 Å². The van der Waals surface area contributed by atoms with Crippen molar-refractivity contribution < 1.29 is 4.79 Å². The second kappa shape index (κ2) is 5.32. The highest BCUT2D eigenvalue weighted by molar-refractivity contribution is 5.95. The Morgan fingerprint density at radius 3 is 2.82 bits per heavy atom. The van der Waals surface area contributed by atoms with Gasteiger partial charge < -0.3 is 10.6 Å². The van der Waals surface area contributed by atoms with E-state index in [1.165, 1.54) is 12.0 Å². The molecule has 3 nitrogen and oxygen atoms in total. The van der Waals surface area contributed by atoms with Crippen LogP contribution >= 0.6 is 0 Å². The van der Waals surface area contributed by atoms with Crippen molar-refractivity contribution in [1.29, 1.82) is 0 Å². The highest BCUT2D eigenvalue weighted by Crippen LogP contribution is 2.17. The molecule has 0 saturated carbocycles. The third-order valence-electron chi connectivity index (χ3n) is 3.27. The number of amides is 1. The molecule has 2 rings (SSSR count). The molecule has 0 spiro atoms. The second-order valence-electron chi connectivity index (χ2n) is 4.81. The largest absolute Gasteiger partial charge is 0.324 e. The molecule has 1 fully saturated rings. The predicted octanol–water partition coefficient (Wildman–Crippen LogP) is 2.38. The molecule has 1 aromatic rings. The number of carbonyl (C=O) groups excluding carboxylic acids is 1. The first-order chi connectivity index (χ1) is 8.16. The third kappa shape index (κ3) is 3.07. The first-order valence-electron chi connectivity index (χ1n) is 6.28. The van der Waals surface area contributed by atoms with E-state index in [9.17, 15) is 4.79 Å². The van der Waals surface area contributed by atoms with Crippen LogP contribution in [0.5, 0.6) is 0 Å². The van der Waals surface area contributed by atoms with E-state index in [1.54, 1.807) is 0 Å². The van der Waals surface area contributed by atoms with Crippen LogP contribution in [0.15, 0.2) is 18.2 Å². The molecule has 3 heteroatoms. The van der Waals surface area contributed by atoms with Crippen molar-refractivity contribution in [3.63, 3.8) is 0 Å². The summed E-state index contributed by atoms with van der Waals surface area (Å²) in [5.74, 6) is 0.0941. The number of hydrogen-bond donors (Lipinski definition) is 2. The second-order valence-corrected chi connectivity index (χ2v) is 4.81. The minimum Gasteiger partial charge on any atom is -0.324 e. The monoisotopic (exact) mass is 232 g/mol. The number of carbonyl (C=O) groups is 1. The Bertz CT molecular complexity index is 409. The standard InChI is InChI=1S/C14H20N2O/c1-10-6-7-12(11(2)9-10)16-14(17)13-5-3-4-8-15-13/h6-7,9,13,15H,3-5,8H2,1-2H3,(H,16,17)/t13-/m1/s1. The SMILES string of the molecule is Cc1ccc(NC(=O)[C@H]2CCCCN2)c(C)c1. The van der Waals surface area contributed by atoms with Crippen LogP contribution in [0.3, 0.4) is 0 Å². The zero-order chi connectivity index (χ0) is 12.3. The molecule has 0 radical (unpaired) electrons. The van der Waals surface area contributed by atoms with Gasteiger partial charge in [-0.2, -0.15) is 0 Å². The van der Waals surface area contributed by atoms with Crippen molar-refractivity contribution in [2.75, 3.05) is 11.9 Å². The molecule has 1 aromatic carbocycles. The van der Waals surface area contributed by atoms with Crippen molar-refractivity contribution in [3.05, 3.63) is 29.3 Å². The molecular formula is C14H20N2O. The quantitative estimate of drug-likeness (QED) is 0.822. The van der Waals surface area contributed by atoms with Crippen LogP contribution in [0.1, 0.15) is 30.4 Å². The first-order valence-corrected chi connectivity index (χ1v) is 6.28. The summed E-state index contributed by atoms with van der Waals surface area (Å²) in [6.45, 7) is 5.03. The fourth-order valence-electron chi connectivity index (χ4n) is 2.25. The molecule has 0 aliphatic carbocycles. The highest BCUT2D eigenvalue weighted by Gasteiger charge is 2.20. The summed E-state index contributed by atoms with van der Waals surface area (Å²) >= 11 is 0. The van der Waals surface area contributed by atoms with Gasteiger partial charge in [0.15, 0.2) is 0 Å². The topological polar surface area (TPSA) is 41.1 Å². The van der Waals surface area contributed by atoms with Gasteiger partial charge in [0.05, 0.1) is 6.04 Å². The Balaban J connectivity index is 2.02. The number of piperidine rings is 1. The van der Waals surface area contributed by atoms with Crippen LogP contribution in [0.4, 0.5) is 5.69 Å². The Kier molecular flexibility index (Phi) is 3.79. The van der Waals surface area contributed by atoms with Crippen LogP contribution in [0.25, 0.3) is 0 Å². The molecular weight excluding hydrogens is 212 g/mol. The van der Waals surface area contributed by atoms with Crippen LogP contribution < -0.4 is 10.6 Å². The number of rotatable bonds is 2. The summed E-state index contributed by atoms with van der Waals surface area (Å²) in [6, 6.07) is 6.07. The van der Waals surface area contributed by atoms with Crippen LogP contribution in [-0.4, -0.2) is 18.5 Å². The Morgan fingerprint density at radius 2 is 2.18 bits per heavy atom. The Labute approximate surface area is 103 Å². The molecule has 1 atom stereocenters. The lowest BCUT2D eigenvalue weighted by molar-refractivity contribution is -0.118. The van der Waals surface area contributed by atoms with Gasteiger partial charge in [0.25, 0.3) is 0 Å².